The van der Waals surface area contributed by atoms with E-state index < -0.39 is 4.92 Å². The third-order valence-electron chi connectivity index (χ3n) is 3.63. The minimum Gasteiger partial charge on any atom is -0.258 e. The standard InChI is InChI=1S/C21H16N2O2/c24-23(25)21-16-22-20(14-12-18-9-5-2-6-10-18)15-19(21)13-11-17-7-3-1-4-8-17/h1-16H. The zero-order valence-corrected chi connectivity index (χ0v) is 13.4. The van der Waals surface area contributed by atoms with Crippen molar-refractivity contribution < 1.29 is 4.92 Å². The Hall–Kier alpha value is -3.53. The lowest BCUT2D eigenvalue weighted by atomic mass is 10.1. The highest BCUT2D eigenvalue weighted by Crippen LogP contribution is 2.22. The molecule has 0 atom stereocenters. The van der Waals surface area contributed by atoms with Crippen molar-refractivity contribution in [3.05, 3.63) is 105 Å². The Balaban J connectivity index is 1.91. The molecule has 0 aliphatic heterocycles. The highest BCUT2D eigenvalue weighted by Gasteiger charge is 2.12. The fourth-order valence-electron chi connectivity index (χ4n) is 2.35. The number of hydrogen-bond donors (Lipinski definition) is 0. The van der Waals surface area contributed by atoms with E-state index in [1.807, 2.05) is 78.9 Å². The lowest BCUT2D eigenvalue weighted by molar-refractivity contribution is -0.385. The molecule has 3 aromatic rings. The SMILES string of the molecule is O=[N+]([O-])c1cnc(C=Cc2ccccc2)cc1C=Cc1ccccc1. The van der Waals surface area contributed by atoms with E-state index in [9.17, 15) is 10.1 Å². The maximum atomic E-state index is 11.2. The third-order valence-corrected chi connectivity index (χ3v) is 3.63. The Labute approximate surface area is 145 Å². The number of nitro groups is 1. The van der Waals surface area contributed by atoms with Crippen LogP contribution in [0, 0.1) is 10.1 Å². The first-order chi connectivity index (χ1) is 12.2. The summed E-state index contributed by atoms with van der Waals surface area (Å²) in [6.45, 7) is 0. The number of nitrogens with zero attached hydrogens (tertiary/aromatic N) is 2. The van der Waals surface area contributed by atoms with E-state index in [1.54, 1.807) is 12.1 Å². The minimum atomic E-state index is -0.414. The Kier molecular flexibility index (Phi) is 5.12. The average molecular weight is 328 g/mol. The number of rotatable bonds is 5. The van der Waals surface area contributed by atoms with Crippen molar-refractivity contribution in [3.8, 4) is 0 Å². The zero-order valence-electron chi connectivity index (χ0n) is 13.4. The number of hydrogen-bond acceptors (Lipinski definition) is 3. The molecule has 0 radical (unpaired) electrons. The van der Waals surface area contributed by atoms with Crippen LogP contribution in [0.25, 0.3) is 24.3 Å². The van der Waals surface area contributed by atoms with Crippen LogP contribution in [0.15, 0.2) is 72.9 Å². The molecular formula is C21H16N2O2. The van der Waals surface area contributed by atoms with Crippen molar-refractivity contribution in [1.82, 2.24) is 4.98 Å². The second-order valence-electron chi connectivity index (χ2n) is 5.41. The molecule has 0 N–H and O–H groups in total. The van der Waals surface area contributed by atoms with E-state index in [0.29, 0.717) is 11.3 Å². The van der Waals surface area contributed by atoms with Crippen LogP contribution in [-0.4, -0.2) is 9.91 Å². The molecule has 25 heavy (non-hydrogen) atoms. The molecular weight excluding hydrogens is 312 g/mol. The van der Waals surface area contributed by atoms with E-state index in [-0.39, 0.29) is 5.69 Å². The van der Waals surface area contributed by atoms with Gasteiger partial charge in [0.1, 0.15) is 6.20 Å². The van der Waals surface area contributed by atoms with E-state index >= 15 is 0 Å². The van der Waals surface area contributed by atoms with Gasteiger partial charge in [0, 0.05) is 0 Å². The average Bonchev–Trinajstić information content (AvgIpc) is 2.66. The summed E-state index contributed by atoms with van der Waals surface area (Å²) in [5, 5.41) is 11.2. The molecule has 1 heterocycles. The topological polar surface area (TPSA) is 56.0 Å². The molecule has 0 bridgehead atoms. The summed E-state index contributed by atoms with van der Waals surface area (Å²) in [6, 6.07) is 21.2. The molecule has 0 saturated heterocycles. The van der Waals surface area contributed by atoms with Crippen LogP contribution in [0.5, 0.6) is 0 Å². The van der Waals surface area contributed by atoms with E-state index in [4.69, 9.17) is 0 Å². The van der Waals surface area contributed by atoms with Gasteiger partial charge in [-0.25, -0.2) is 4.98 Å². The van der Waals surface area contributed by atoms with E-state index in [2.05, 4.69) is 4.98 Å². The van der Waals surface area contributed by atoms with Crippen LogP contribution in [0.1, 0.15) is 22.4 Å². The van der Waals surface area contributed by atoms with Crippen LogP contribution in [0.2, 0.25) is 0 Å². The van der Waals surface area contributed by atoms with Gasteiger partial charge in [0.15, 0.2) is 0 Å². The largest absolute Gasteiger partial charge is 0.294 e. The molecule has 0 unspecified atom stereocenters. The summed E-state index contributed by atoms with van der Waals surface area (Å²) in [6.07, 6.45) is 8.68. The Bertz CT molecular complexity index is 917. The first kappa shape index (κ1) is 16.3. The summed E-state index contributed by atoms with van der Waals surface area (Å²) in [5.41, 5.74) is 3.21. The van der Waals surface area contributed by atoms with Crippen LogP contribution < -0.4 is 0 Å². The first-order valence-electron chi connectivity index (χ1n) is 7.83. The highest BCUT2D eigenvalue weighted by molar-refractivity contribution is 5.76. The summed E-state index contributed by atoms with van der Waals surface area (Å²) in [4.78, 5) is 15.0. The molecule has 4 heteroatoms. The van der Waals surface area contributed by atoms with Crippen molar-refractivity contribution >= 4 is 30.0 Å². The molecule has 0 fully saturated rings. The van der Waals surface area contributed by atoms with Gasteiger partial charge in [-0.15, -0.1) is 0 Å². The number of pyridine rings is 1. The summed E-state index contributed by atoms with van der Waals surface area (Å²) >= 11 is 0. The van der Waals surface area contributed by atoms with Crippen molar-refractivity contribution in [2.24, 2.45) is 0 Å². The van der Waals surface area contributed by atoms with Gasteiger partial charge in [-0.1, -0.05) is 72.8 Å². The van der Waals surface area contributed by atoms with Gasteiger partial charge in [-0.2, -0.15) is 0 Å². The molecule has 0 aliphatic carbocycles. The lowest BCUT2D eigenvalue weighted by Crippen LogP contribution is -1.94. The summed E-state index contributed by atoms with van der Waals surface area (Å²) in [5.74, 6) is 0. The van der Waals surface area contributed by atoms with Crippen molar-refractivity contribution in [2.75, 3.05) is 0 Å². The maximum Gasteiger partial charge on any atom is 0.294 e. The molecule has 0 spiro atoms. The van der Waals surface area contributed by atoms with Gasteiger partial charge in [-0.05, 0) is 29.3 Å². The van der Waals surface area contributed by atoms with Crippen molar-refractivity contribution in [1.29, 1.82) is 0 Å². The van der Waals surface area contributed by atoms with Gasteiger partial charge in [0.05, 0.1) is 16.2 Å². The molecule has 0 amide bonds. The molecule has 0 aliphatic rings. The van der Waals surface area contributed by atoms with Crippen molar-refractivity contribution in [2.45, 2.75) is 0 Å². The second kappa shape index (κ2) is 7.84. The third kappa shape index (κ3) is 4.48. The molecule has 4 nitrogen and oxygen atoms in total. The van der Waals surface area contributed by atoms with Crippen LogP contribution >= 0.6 is 0 Å². The van der Waals surface area contributed by atoms with Crippen molar-refractivity contribution in [3.63, 3.8) is 0 Å². The minimum absolute atomic E-state index is 0.0101. The smallest absolute Gasteiger partial charge is 0.258 e. The van der Waals surface area contributed by atoms with Gasteiger partial charge < -0.3 is 0 Å². The summed E-state index contributed by atoms with van der Waals surface area (Å²) in [7, 11) is 0. The molecule has 3 rings (SSSR count). The highest BCUT2D eigenvalue weighted by atomic mass is 16.6. The molecule has 1 aromatic heterocycles. The quantitative estimate of drug-likeness (QED) is 0.470. The van der Waals surface area contributed by atoms with Gasteiger partial charge in [0.2, 0.25) is 0 Å². The lowest BCUT2D eigenvalue weighted by Gasteiger charge is -2.00. The summed E-state index contributed by atoms with van der Waals surface area (Å²) < 4.78 is 0. The number of aromatic nitrogens is 1. The van der Waals surface area contributed by atoms with E-state index in [0.717, 1.165) is 11.1 Å². The fourth-order valence-corrected chi connectivity index (χ4v) is 2.35. The predicted octanol–water partition coefficient (Wildman–Crippen LogP) is 5.33. The normalized spacial score (nSPS) is 11.2. The number of benzene rings is 2. The van der Waals surface area contributed by atoms with Crippen LogP contribution in [-0.2, 0) is 0 Å². The molecule has 2 aromatic carbocycles. The molecule has 122 valence electrons. The van der Waals surface area contributed by atoms with Gasteiger partial charge in [-0.3, -0.25) is 10.1 Å². The maximum absolute atomic E-state index is 11.2. The van der Waals surface area contributed by atoms with Crippen LogP contribution in [0.3, 0.4) is 0 Å². The van der Waals surface area contributed by atoms with Crippen LogP contribution in [0.4, 0.5) is 5.69 Å². The predicted molar refractivity (Wildman–Crippen MR) is 102 cm³/mol. The molecule has 0 saturated carbocycles. The zero-order chi connectivity index (χ0) is 17.5. The Morgan fingerprint density at radius 1 is 0.800 bits per heavy atom. The Morgan fingerprint density at radius 3 is 1.92 bits per heavy atom. The van der Waals surface area contributed by atoms with Gasteiger partial charge in [0.25, 0.3) is 5.69 Å². The monoisotopic (exact) mass is 328 g/mol. The fraction of sp³-hybridized carbons (Fsp3) is 0. The second-order valence-corrected chi connectivity index (χ2v) is 5.41. The van der Waals surface area contributed by atoms with E-state index in [1.165, 1.54) is 6.20 Å². The first-order valence-corrected chi connectivity index (χ1v) is 7.83. The van der Waals surface area contributed by atoms with Gasteiger partial charge >= 0.3 is 0 Å². The Morgan fingerprint density at radius 2 is 1.36 bits per heavy atom.